The van der Waals surface area contributed by atoms with E-state index in [4.69, 9.17) is 0 Å². The number of fused-ring (bicyclic) bond motifs is 1. The van der Waals surface area contributed by atoms with Crippen LogP contribution in [0.25, 0.3) is 0 Å². The van der Waals surface area contributed by atoms with Gasteiger partial charge in [-0.3, -0.25) is 0 Å². The van der Waals surface area contributed by atoms with Crippen molar-refractivity contribution in [2.24, 2.45) is 17.3 Å². The molecule has 0 spiro atoms. The van der Waals surface area contributed by atoms with Gasteiger partial charge in [-0.15, -0.1) is 0 Å². The number of hydrogen-bond donors (Lipinski definition) is 1. The van der Waals surface area contributed by atoms with Crippen LogP contribution in [-0.4, -0.2) is 17.5 Å². The van der Waals surface area contributed by atoms with E-state index in [1.165, 1.54) is 6.42 Å². The topological polar surface area (TPSA) is 37.3 Å². The molecule has 0 amide bonds. The lowest BCUT2D eigenvalue weighted by atomic mass is 9.61. The van der Waals surface area contributed by atoms with Crippen molar-refractivity contribution in [2.75, 3.05) is 0 Å². The number of aldehydes is 1. The van der Waals surface area contributed by atoms with Gasteiger partial charge in [0.15, 0.2) is 0 Å². The maximum Gasteiger partial charge on any atom is 0.125 e. The number of carbonyl (C=O) groups excluding carboxylic acids is 1. The number of hydrogen-bond acceptors (Lipinski definition) is 2. The fourth-order valence-electron chi connectivity index (χ4n) is 3.17. The highest BCUT2D eigenvalue weighted by atomic mass is 16.3. The van der Waals surface area contributed by atoms with E-state index in [9.17, 15) is 9.90 Å². The number of rotatable bonds is 1. The summed E-state index contributed by atoms with van der Waals surface area (Å²) >= 11 is 0. The lowest BCUT2D eigenvalue weighted by molar-refractivity contribution is -0.115. The molecule has 0 heterocycles. The zero-order valence-corrected chi connectivity index (χ0v) is 9.57. The SMILES string of the molecule is CC1(C)CCC=C2[C@H](O)[C@@H](C=O)CC[C@@H]21. The summed E-state index contributed by atoms with van der Waals surface area (Å²) in [6, 6.07) is 0. The van der Waals surface area contributed by atoms with Gasteiger partial charge in [-0.05, 0) is 42.6 Å². The molecule has 0 bridgehead atoms. The van der Waals surface area contributed by atoms with Crippen LogP contribution in [0.2, 0.25) is 0 Å². The largest absolute Gasteiger partial charge is 0.388 e. The van der Waals surface area contributed by atoms with Gasteiger partial charge in [0.05, 0.1) is 6.10 Å². The van der Waals surface area contributed by atoms with Crippen LogP contribution in [-0.2, 0) is 4.79 Å². The normalized spacial score (nSPS) is 39.1. The van der Waals surface area contributed by atoms with Crippen LogP contribution in [0.5, 0.6) is 0 Å². The summed E-state index contributed by atoms with van der Waals surface area (Å²) in [5.41, 5.74) is 1.42. The highest BCUT2D eigenvalue weighted by molar-refractivity contribution is 5.56. The number of aliphatic hydroxyl groups is 1. The third-order valence-electron chi connectivity index (χ3n) is 4.22. The van der Waals surface area contributed by atoms with Gasteiger partial charge < -0.3 is 9.90 Å². The molecule has 2 aliphatic rings. The molecule has 15 heavy (non-hydrogen) atoms. The molecule has 0 aromatic heterocycles. The summed E-state index contributed by atoms with van der Waals surface area (Å²) in [5.74, 6) is 0.318. The van der Waals surface area contributed by atoms with Crippen LogP contribution >= 0.6 is 0 Å². The minimum Gasteiger partial charge on any atom is -0.388 e. The molecular weight excluding hydrogens is 188 g/mol. The predicted octanol–water partition coefficient (Wildman–Crippen LogP) is 2.32. The minimum absolute atomic E-state index is 0.165. The van der Waals surface area contributed by atoms with Gasteiger partial charge in [-0.2, -0.15) is 0 Å². The first-order valence-corrected chi connectivity index (χ1v) is 5.89. The Bertz CT molecular complexity index is 291. The quantitative estimate of drug-likeness (QED) is 0.530. The first-order valence-electron chi connectivity index (χ1n) is 5.89. The van der Waals surface area contributed by atoms with Crippen LogP contribution in [0, 0.1) is 17.3 Å². The number of carbonyl (C=O) groups is 1. The third kappa shape index (κ3) is 1.76. The molecule has 0 unspecified atom stereocenters. The van der Waals surface area contributed by atoms with E-state index >= 15 is 0 Å². The number of allylic oxidation sites excluding steroid dienone is 1. The Kier molecular flexibility index (Phi) is 2.72. The smallest absolute Gasteiger partial charge is 0.125 e. The Balaban J connectivity index is 2.26. The lowest BCUT2D eigenvalue weighted by Crippen LogP contribution is -2.41. The van der Waals surface area contributed by atoms with Crippen molar-refractivity contribution in [3.63, 3.8) is 0 Å². The van der Waals surface area contributed by atoms with E-state index in [0.29, 0.717) is 11.3 Å². The standard InChI is InChI=1S/C13H20O2/c1-13(2)7-3-4-10-11(13)6-5-9(8-14)12(10)15/h4,8-9,11-12,15H,3,5-7H2,1-2H3/t9-,11+,12-/m1/s1. The van der Waals surface area contributed by atoms with Gasteiger partial charge in [-0.25, -0.2) is 0 Å². The summed E-state index contributed by atoms with van der Waals surface area (Å²) in [6.07, 6.45) is 6.71. The van der Waals surface area contributed by atoms with Gasteiger partial charge in [0, 0.05) is 5.92 Å². The van der Waals surface area contributed by atoms with Crippen LogP contribution in [0.1, 0.15) is 39.5 Å². The van der Waals surface area contributed by atoms with Crippen molar-refractivity contribution in [1.29, 1.82) is 0 Å². The minimum atomic E-state index is -0.513. The van der Waals surface area contributed by atoms with Crippen LogP contribution in [0.3, 0.4) is 0 Å². The summed E-state index contributed by atoms with van der Waals surface area (Å²) in [5, 5.41) is 10.1. The zero-order valence-electron chi connectivity index (χ0n) is 9.57. The molecule has 2 aliphatic carbocycles. The Morgan fingerprint density at radius 3 is 2.87 bits per heavy atom. The third-order valence-corrected chi connectivity index (χ3v) is 4.22. The van der Waals surface area contributed by atoms with Crippen LogP contribution < -0.4 is 0 Å². The predicted molar refractivity (Wildman–Crippen MR) is 59.4 cm³/mol. The van der Waals surface area contributed by atoms with E-state index in [1.54, 1.807) is 0 Å². The van der Waals surface area contributed by atoms with Crippen molar-refractivity contribution >= 4 is 6.29 Å². The summed E-state index contributed by atoms with van der Waals surface area (Å²) < 4.78 is 0. The second kappa shape index (κ2) is 3.75. The maximum absolute atomic E-state index is 10.8. The van der Waals surface area contributed by atoms with E-state index in [0.717, 1.165) is 31.1 Å². The molecule has 1 N–H and O–H groups in total. The molecule has 3 atom stereocenters. The van der Waals surface area contributed by atoms with Crippen molar-refractivity contribution < 1.29 is 9.90 Å². The first-order chi connectivity index (χ1) is 7.06. The summed E-state index contributed by atoms with van der Waals surface area (Å²) in [6.45, 7) is 4.55. The molecule has 2 heteroatoms. The number of aliphatic hydroxyl groups excluding tert-OH is 1. The second-order valence-electron chi connectivity index (χ2n) is 5.61. The molecule has 1 fully saturated rings. The molecule has 0 aromatic carbocycles. The molecule has 0 radical (unpaired) electrons. The van der Waals surface area contributed by atoms with Crippen molar-refractivity contribution in [2.45, 2.75) is 45.6 Å². The maximum atomic E-state index is 10.8. The Hall–Kier alpha value is -0.630. The van der Waals surface area contributed by atoms with E-state index in [1.807, 2.05) is 0 Å². The van der Waals surface area contributed by atoms with Gasteiger partial charge in [0.25, 0.3) is 0 Å². The fraction of sp³-hybridized carbons (Fsp3) is 0.769. The van der Waals surface area contributed by atoms with Crippen molar-refractivity contribution in [3.8, 4) is 0 Å². The lowest BCUT2D eigenvalue weighted by Gasteiger charge is -2.45. The van der Waals surface area contributed by atoms with Crippen LogP contribution in [0.4, 0.5) is 0 Å². The Morgan fingerprint density at radius 1 is 1.47 bits per heavy atom. The molecule has 0 aliphatic heterocycles. The Labute approximate surface area is 91.4 Å². The average Bonchev–Trinajstić information content (AvgIpc) is 2.19. The summed E-state index contributed by atoms with van der Waals surface area (Å²) in [4.78, 5) is 10.8. The molecular formula is C13H20O2. The second-order valence-corrected chi connectivity index (χ2v) is 5.61. The molecule has 2 nitrogen and oxygen atoms in total. The molecule has 0 aromatic rings. The van der Waals surface area contributed by atoms with Gasteiger partial charge in [-0.1, -0.05) is 19.9 Å². The molecule has 2 rings (SSSR count). The van der Waals surface area contributed by atoms with Crippen LogP contribution in [0.15, 0.2) is 11.6 Å². The fourth-order valence-corrected chi connectivity index (χ4v) is 3.17. The monoisotopic (exact) mass is 208 g/mol. The van der Waals surface area contributed by atoms with E-state index in [2.05, 4.69) is 19.9 Å². The summed E-state index contributed by atoms with van der Waals surface area (Å²) in [7, 11) is 0. The highest BCUT2D eigenvalue weighted by Crippen LogP contribution is 2.48. The van der Waals surface area contributed by atoms with Gasteiger partial charge in [0.2, 0.25) is 0 Å². The van der Waals surface area contributed by atoms with E-state index < -0.39 is 6.10 Å². The van der Waals surface area contributed by atoms with Crippen molar-refractivity contribution in [3.05, 3.63) is 11.6 Å². The van der Waals surface area contributed by atoms with Crippen molar-refractivity contribution in [1.82, 2.24) is 0 Å². The van der Waals surface area contributed by atoms with Gasteiger partial charge >= 0.3 is 0 Å². The zero-order chi connectivity index (χ0) is 11.1. The molecule has 84 valence electrons. The molecule has 0 saturated heterocycles. The van der Waals surface area contributed by atoms with E-state index in [-0.39, 0.29) is 5.92 Å². The van der Waals surface area contributed by atoms with Gasteiger partial charge in [0.1, 0.15) is 6.29 Å². The Morgan fingerprint density at radius 2 is 2.20 bits per heavy atom. The molecule has 1 saturated carbocycles. The first kappa shape index (κ1) is 10.9. The highest BCUT2D eigenvalue weighted by Gasteiger charge is 2.42. The average molecular weight is 208 g/mol.